The van der Waals surface area contributed by atoms with Crippen molar-refractivity contribution in [3.05, 3.63) is 64.0 Å². The summed E-state index contributed by atoms with van der Waals surface area (Å²) in [6, 6.07) is 11.1. The molecule has 0 saturated heterocycles. The van der Waals surface area contributed by atoms with Crippen molar-refractivity contribution < 1.29 is 9.59 Å². The lowest BCUT2D eigenvalue weighted by molar-refractivity contribution is -0.121. The highest BCUT2D eigenvalue weighted by atomic mass is 32.1. The van der Waals surface area contributed by atoms with E-state index in [-0.39, 0.29) is 37.0 Å². The lowest BCUT2D eigenvalue weighted by Gasteiger charge is -2.07. The predicted molar refractivity (Wildman–Crippen MR) is 108 cm³/mol. The van der Waals surface area contributed by atoms with E-state index in [4.69, 9.17) is 0 Å². The van der Waals surface area contributed by atoms with Gasteiger partial charge in [-0.2, -0.15) is 9.36 Å². The normalized spacial score (nSPS) is 11.1. The second kappa shape index (κ2) is 7.84. The Morgan fingerprint density at radius 2 is 1.97 bits per heavy atom. The molecule has 0 aliphatic heterocycles. The Balaban J connectivity index is 1.40. The van der Waals surface area contributed by atoms with Crippen LogP contribution in [0.5, 0.6) is 0 Å². The molecule has 0 fully saturated rings. The van der Waals surface area contributed by atoms with Crippen LogP contribution in [0.1, 0.15) is 17.3 Å². The number of rotatable bonds is 7. The molecular formula is C19H18N6O3S. The zero-order valence-corrected chi connectivity index (χ0v) is 16.4. The molecule has 4 rings (SSSR count). The van der Waals surface area contributed by atoms with Crippen LogP contribution in [0.3, 0.4) is 0 Å². The molecule has 3 heterocycles. The molecule has 0 saturated carbocycles. The summed E-state index contributed by atoms with van der Waals surface area (Å²) in [7, 11) is 0. The molecule has 0 unspecified atom stereocenters. The first-order valence-electron chi connectivity index (χ1n) is 8.97. The van der Waals surface area contributed by atoms with Crippen molar-refractivity contribution >= 4 is 33.9 Å². The Hall–Kier alpha value is -3.53. The second-order valence-electron chi connectivity index (χ2n) is 6.44. The summed E-state index contributed by atoms with van der Waals surface area (Å²) in [6.45, 7) is 2.03. The van der Waals surface area contributed by atoms with Gasteiger partial charge in [-0.25, -0.2) is 4.79 Å². The first kappa shape index (κ1) is 18.8. The average Bonchev–Trinajstić information content (AvgIpc) is 3.42. The Morgan fingerprint density at radius 3 is 2.72 bits per heavy atom. The van der Waals surface area contributed by atoms with Crippen molar-refractivity contribution in [2.24, 2.45) is 0 Å². The fourth-order valence-electron chi connectivity index (χ4n) is 3.11. The van der Waals surface area contributed by atoms with E-state index in [1.165, 1.54) is 27.6 Å². The lowest BCUT2D eigenvalue weighted by Crippen LogP contribution is -2.33. The third-order valence-electron chi connectivity index (χ3n) is 4.48. The van der Waals surface area contributed by atoms with E-state index in [1.54, 1.807) is 16.8 Å². The van der Waals surface area contributed by atoms with Crippen LogP contribution in [-0.2, 0) is 17.9 Å². The smallest absolute Gasteiger partial charge is 0.353 e. The lowest BCUT2D eigenvalue weighted by atomic mass is 10.1. The predicted octanol–water partition coefficient (Wildman–Crippen LogP) is 1.46. The molecule has 0 atom stereocenters. The molecule has 29 heavy (non-hydrogen) atoms. The quantitative estimate of drug-likeness (QED) is 0.465. The monoisotopic (exact) mass is 410 g/mol. The van der Waals surface area contributed by atoms with Gasteiger partial charge in [0.15, 0.2) is 5.78 Å². The molecule has 1 aromatic carbocycles. The minimum Gasteiger partial charge on any atom is -0.353 e. The molecule has 0 spiro atoms. The van der Waals surface area contributed by atoms with Crippen molar-refractivity contribution in [1.29, 1.82) is 0 Å². The van der Waals surface area contributed by atoms with Crippen molar-refractivity contribution in [3.8, 4) is 5.00 Å². The van der Waals surface area contributed by atoms with Crippen LogP contribution in [0, 0.1) is 0 Å². The Labute approximate surface area is 169 Å². The summed E-state index contributed by atoms with van der Waals surface area (Å²) in [4.78, 5) is 36.5. The molecule has 10 heteroatoms. The molecule has 9 nitrogen and oxygen atoms in total. The van der Waals surface area contributed by atoms with E-state index >= 15 is 0 Å². The molecule has 148 valence electrons. The summed E-state index contributed by atoms with van der Waals surface area (Å²) in [5, 5.41) is 13.8. The Kier molecular flexibility index (Phi) is 5.09. The number of tetrazole rings is 1. The molecule has 0 radical (unpaired) electrons. The number of ketones is 1. The van der Waals surface area contributed by atoms with Crippen LogP contribution in [-0.4, -0.2) is 42.6 Å². The van der Waals surface area contributed by atoms with Gasteiger partial charge in [0.1, 0.15) is 11.5 Å². The van der Waals surface area contributed by atoms with Gasteiger partial charge in [-0.05, 0) is 40.9 Å². The van der Waals surface area contributed by atoms with Crippen LogP contribution in [0.15, 0.2) is 52.8 Å². The maximum Gasteiger partial charge on any atom is 0.369 e. The average molecular weight is 410 g/mol. The second-order valence-corrected chi connectivity index (χ2v) is 7.37. The topological polar surface area (TPSA) is 104 Å². The summed E-state index contributed by atoms with van der Waals surface area (Å²) >= 11 is 1.39. The van der Waals surface area contributed by atoms with Crippen molar-refractivity contribution in [3.63, 3.8) is 0 Å². The first-order chi connectivity index (χ1) is 14.0. The van der Waals surface area contributed by atoms with E-state index in [1.807, 2.05) is 35.7 Å². The van der Waals surface area contributed by atoms with Gasteiger partial charge < -0.3 is 9.88 Å². The molecule has 1 amide bonds. The number of nitrogens with one attached hydrogen (secondary N) is 1. The van der Waals surface area contributed by atoms with Crippen molar-refractivity contribution in [2.75, 3.05) is 6.54 Å². The molecular weight excluding hydrogens is 392 g/mol. The highest BCUT2D eigenvalue weighted by molar-refractivity contribution is 7.12. The number of benzene rings is 1. The van der Waals surface area contributed by atoms with E-state index < -0.39 is 0 Å². The highest BCUT2D eigenvalue weighted by Crippen LogP contribution is 2.21. The van der Waals surface area contributed by atoms with Gasteiger partial charge in [0, 0.05) is 29.2 Å². The van der Waals surface area contributed by atoms with E-state index in [0.717, 1.165) is 10.9 Å². The van der Waals surface area contributed by atoms with Crippen LogP contribution in [0.25, 0.3) is 15.9 Å². The number of hydrogen-bond acceptors (Lipinski definition) is 6. The molecule has 0 bridgehead atoms. The largest absolute Gasteiger partial charge is 0.369 e. The number of hydrogen-bond donors (Lipinski definition) is 1. The number of amides is 1. The van der Waals surface area contributed by atoms with Crippen molar-refractivity contribution in [2.45, 2.75) is 20.0 Å². The Morgan fingerprint density at radius 1 is 1.14 bits per heavy atom. The summed E-state index contributed by atoms with van der Waals surface area (Å²) in [5.41, 5.74) is 1.05. The fraction of sp³-hybridized carbons (Fsp3) is 0.211. The van der Waals surface area contributed by atoms with E-state index in [9.17, 15) is 14.4 Å². The van der Waals surface area contributed by atoms with Crippen LogP contribution in [0.2, 0.25) is 0 Å². The van der Waals surface area contributed by atoms with Gasteiger partial charge in [-0.1, -0.05) is 18.2 Å². The fourth-order valence-corrected chi connectivity index (χ4v) is 3.78. The number of thiophene rings is 1. The number of para-hydroxylation sites is 1. The van der Waals surface area contributed by atoms with Gasteiger partial charge in [-0.3, -0.25) is 9.59 Å². The maximum atomic E-state index is 12.4. The standard InChI is InChI=1S/C19H18N6O3S/c1-13(26)15-11-23(16-6-3-2-5-14(15)16)12-17(27)20-8-9-24-19(28)25(22-21-24)18-7-4-10-29-18/h2-7,10-11H,8-9,12H2,1H3,(H,20,27). The number of Topliss-reactive ketones (excluding diaryl/α,β-unsaturated/α-hetero) is 1. The van der Waals surface area contributed by atoms with E-state index in [0.29, 0.717) is 10.6 Å². The number of aromatic nitrogens is 5. The van der Waals surface area contributed by atoms with Crippen LogP contribution >= 0.6 is 11.3 Å². The molecule has 0 aliphatic rings. The first-order valence-corrected chi connectivity index (χ1v) is 9.85. The summed E-state index contributed by atoms with van der Waals surface area (Å²) in [6.07, 6.45) is 1.70. The Bertz CT molecular complexity index is 1230. The number of nitrogens with zero attached hydrogens (tertiary/aromatic N) is 5. The molecule has 0 aliphatic carbocycles. The number of carbonyl (C=O) groups is 2. The van der Waals surface area contributed by atoms with Crippen LogP contribution in [0.4, 0.5) is 0 Å². The third-order valence-corrected chi connectivity index (χ3v) is 5.33. The molecule has 1 N–H and O–H groups in total. The maximum absolute atomic E-state index is 12.4. The number of carbonyl (C=O) groups excluding carboxylic acids is 2. The number of fused-ring (bicyclic) bond motifs is 1. The van der Waals surface area contributed by atoms with Crippen LogP contribution < -0.4 is 11.0 Å². The van der Waals surface area contributed by atoms with Gasteiger partial charge in [0.05, 0.1) is 6.54 Å². The SMILES string of the molecule is CC(=O)c1cn(CC(=O)NCCn2nnn(-c3cccs3)c2=O)c2ccccc12. The van der Waals surface area contributed by atoms with Crippen molar-refractivity contribution in [1.82, 2.24) is 29.7 Å². The van der Waals surface area contributed by atoms with E-state index in [2.05, 4.69) is 15.7 Å². The third kappa shape index (κ3) is 3.74. The minimum absolute atomic E-state index is 0.0476. The zero-order valence-electron chi connectivity index (χ0n) is 15.6. The molecule has 4 aromatic rings. The summed E-state index contributed by atoms with van der Waals surface area (Å²) < 4.78 is 4.18. The van der Waals surface area contributed by atoms with Gasteiger partial charge in [0.25, 0.3) is 0 Å². The highest BCUT2D eigenvalue weighted by Gasteiger charge is 2.14. The van der Waals surface area contributed by atoms with Gasteiger partial charge in [-0.15, -0.1) is 11.3 Å². The van der Waals surface area contributed by atoms with Gasteiger partial charge in [0.2, 0.25) is 5.91 Å². The summed E-state index contributed by atoms with van der Waals surface area (Å²) in [5.74, 6) is -0.270. The molecule has 3 aromatic heterocycles. The zero-order chi connectivity index (χ0) is 20.4. The van der Waals surface area contributed by atoms with Gasteiger partial charge >= 0.3 is 5.69 Å². The minimum atomic E-state index is -0.357.